The van der Waals surface area contributed by atoms with E-state index in [1.54, 1.807) is 0 Å². The maximum Gasteiger partial charge on any atom is 0.0435 e. The normalized spacial score (nSPS) is 12.4. The number of benzene rings is 1. The number of allylic oxidation sites excluding steroid dienone is 1. The summed E-state index contributed by atoms with van der Waals surface area (Å²) in [6.07, 6.45) is 6.55. The Kier molecular flexibility index (Phi) is 7.07. The topological polar surface area (TPSA) is 12.0 Å². The molecule has 0 fully saturated rings. The Morgan fingerprint density at radius 1 is 1.44 bits per heavy atom. The van der Waals surface area contributed by atoms with E-state index in [0.29, 0.717) is 6.04 Å². The minimum atomic E-state index is 0.431. The zero-order valence-corrected chi connectivity index (χ0v) is 12.3. The average Bonchev–Trinajstić information content (AvgIpc) is 2.37. The second-order valence-corrected chi connectivity index (χ2v) is 5.14. The largest absolute Gasteiger partial charge is 0.310 e. The van der Waals surface area contributed by atoms with E-state index in [9.17, 15) is 0 Å². The number of rotatable bonds is 8. The third-order valence-corrected chi connectivity index (χ3v) is 3.55. The molecule has 0 aliphatic rings. The number of unbranched alkanes of at least 4 members (excludes halogenated alkanes) is 1. The van der Waals surface area contributed by atoms with Crippen LogP contribution in [0.4, 0.5) is 0 Å². The molecule has 1 nitrogen and oxygen atoms in total. The molecule has 0 spiro atoms. The molecule has 1 rings (SSSR count). The Labute approximate surface area is 116 Å². The van der Waals surface area contributed by atoms with Gasteiger partial charge in [0.1, 0.15) is 0 Å². The van der Waals surface area contributed by atoms with Gasteiger partial charge in [-0.05, 0) is 56.3 Å². The lowest BCUT2D eigenvalue weighted by Crippen LogP contribution is -2.22. The standard InChI is InChI=1S/C16H24ClN/c1-4-6-7-8-16(18-11-5-2)14-9-10-15(17)13(3)12-14/h4,9-10,12,16,18H,1,5-8,11H2,2-3H3. The van der Waals surface area contributed by atoms with Crippen molar-refractivity contribution in [1.82, 2.24) is 5.32 Å². The predicted molar refractivity (Wildman–Crippen MR) is 81.3 cm³/mol. The van der Waals surface area contributed by atoms with E-state index in [0.717, 1.165) is 36.4 Å². The van der Waals surface area contributed by atoms with Crippen LogP contribution in [-0.2, 0) is 0 Å². The summed E-state index contributed by atoms with van der Waals surface area (Å²) < 4.78 is 0. The van der Waals surface area contributed by atoms with Crippen molar-refractivity contribution < 1.29 is 0 Å². The van der Waals surface area contributed by atoms with Crippen molar-refractivity contribution in [3.8, 4) is 0 Å². The Morgan fingerprint density at radius 3 is 2.83 bits per heavy atom. The molecule has 0 aliphatic carbocycles. The van der Waals surface area contributed by atoms with Crippen molar-refractivity contribution in [1.29, 1.82) is 0 Å². The second kappa shape index (κ2) is 8.34. The lowest BCUT2D eigenvalue weighted by atomic mass is 9.99. The minimum absolute atomic E-state index is 0.431. The molecule has 1 unspecified atom stereocenters. The van der Waals surface area contributed by atoms with Crippen LogP contribution in [0.1, 0.15) is 49.8 Å². The highest BCUT2D eigenvalue weighted by Crippen LogP contribution is 2.24. The van der Waals surface area contributed by atoms with Crippen LogP contribution in [0.5, 0.6) is 0 Å². The third-order valence-electron chi connectivity index (χ3n) is 3.13. The monoisotopic (exact) mass is 265 g/mol. The van der Waals surface area contributed by atoms with Gasteiger partial charge >= 0.3 is 0 Å². The molecule has 1 aromatic carbocycles. The Morgan fingerprint density at radius 2 is 2.22 bits per heavy atom. The van der Waals surface area contributed by atoms with Crippen LogP contribution in [-0.4, -0.2) is 6.54 Å². The van der Waals surface area contributed by atoms with Crippen molar-refractivity contribution in [2.24, 2.45) is 0 Å². The number of halogens is 1. The van der Waals surface area contributed by atoms with Crippen LogP contribution in [0.15, 0.2) is 30.9 Å². The summed E-state index contributed by atoms with van der Waals surface area (Å²) >= 11 is 6.08. The Hall–Kier alpha value is -0.790. The molecule has 0 amide bonds. The Bertz CT molecular complexity index is 373. The van der Waals surface area contributed by atoms with Crippen molar-refractivity contribution in [2.75, 3.05) is 6.54 Å². The van der Waals surface area contributed by atoms with Crippen LogP contribution in [0.2, 0.25) is 5.02 Å². The smallest absolute Gasteiger partial charge is 0.0435 e. The van der Waals surface area contributed by atoms with Crippen molar-refractivity contribution in [3.63, 3.8) is 0 Å². The molecule has 0 saturated heterocycles. The van der Waals surface area contributed by atoms with Crippen LogP contribution in [0.25, 0.3) is 0 Å². The fourth-order valence-corrected chi connectivity index (χ4v) is 2.17. The van der Waals surface area contributed by atoms with E-state index >= 15 is 0 Å². The third kappa shape index (κ3) is 4.83. The van der Waals surface area contributed by atoms with E-state index in [2.05, 4.69) is 37.9 Å². The number of nitrogens with one attached hydrogen (secondary N) is 1. The fraction of sp³-hybridized carbons (Fsp3) is 0.500. The van der Waals surface area contributed by atoms with Gasteiger partial charge in [-0.2, -0.15) is 0 Å². The first kappa shape index (κ1) is 15.3. The van der Waals surface area contributed by atoms with Gasteiger partial charge in [0.05, 0.1) is 0 Å². The van der Waals surface area contributed by atoms with Gasteiger partial charge in [-0.15, -0.1) is 6.58 Å². The molecule has 1 atom stereocenters. The van der Waals surface area contributed by atoms with E-state index < -0.39 is 0 Å². The predicted octanol–water partition coefficient (Wildman–Crippen LogP) is 5.05. The molecule has 0 heterocycles. The summed E-state index contributed by atoms with van der Waals surface area (Å²) in [5, 5.41) is 4.46. The zero-order chi connectivity index (χ0) is 13.4. The maximum atomic E-state index is 6.08. The molecule has 1 N–H and O–H groups in total. The molecule has 0 aliphatic heterocycles. The molecule has 100 valence electrons. The molecular weight excluding hydrogens is 242 g/mol. The lowest BCUT2D eigenvalue weighted by molar-refractivity contribution is 0.486. The van der Waals surface area contributed by atoms with Crippen molar-refractivity contribution in [3.05, 3.63) is 47.0 Å². The average molecular weight is 266 g/mol. The van der Waals surface area contributed by atoms with E-state index in [1.165, 1.54) is 12.0 Å². The fourth-order valence-electron chi connectivity index (χ4n) is 2.06. The number of aryl methyl sites for hydroxylation is 1. The minimum Gasteiger partial charge on any atom is -0.310 e. The first-order chi connectivity index (χ1) is 8.69. The quantitative estimate of drug-likeness (QED) is 0.513. The van der Waals surface area contributed by atoms with Crippen LogP contribution < -0.4 is 5.32 Å². The summed E-state index contributed by atoms with van der Waals surface area (Å²) in [7, 11) is 0. The summed E-state index contributed by atoms with van der Waals surface area (Å²) in [6, 6.07) is 6.77. The van der Waals surface area contributed by atoms with Crippen LogP contribution >= 0.6 is 11.6 Å². The highest BCUT2D eigenvalue weighted by molar-refractivity contribution is 6.31. The SMILES string of the molecule is C=CCCCC(NCCC)c1ccc(Cl)c(C)c1. The molecule has 0 aromatic heterocycles. The molecule has 2 heteroatoms. The highest BCUT2D eigenvalue weighted by Gasteiger charge is 2.10. The van der Waals surface area contributed by atoms with Crippen molar-refractivity contribution >= 4 is 11.6 Å². The van der Waals surface area contributed by atoms with Gasteiger partial charge < -0.3 is 5.32 Å². The second-order valence-electron chi connectivity index (χ2n) is 4.73. The van der Waals surface area contributed by atoms with Crippen molar-refractivity contribution in [2.45, 2.75) is 45.6 Å². The number of hydrogen-bond acceptors (Lipinski definition) is 1. The molecule has 1 aromatic rings. The van der Waals surface area contributed by atoms with Gasteiger partial charge in [0, 0.05) is 11.1 Å². The molecule has 0 saturated carbocycles. The van der Waals surface area contributed by atoms with Gasteiger partial charge in [-0.3, -0.25) is 0 Å². The van der Waals surface area contributed by atoms with Crippen LogP contribution in [0, 0.1) is 6.92 Å². The lowest BCUT2D eigenvalue weighted by Gasteiger charge is -2.19. The van der Waals surface area contributed by atoms with Crippen LogP contribution in [0.3, 0.4) is 0 Å². The summed E-state index contributed by atoms with van der Waals surface area (Å²) in [5.41, 5.74) is 2.50. The zero-order valence-electron chi connectivity index (χ0n) is 11.5. The van der Waals surface area contributed by atoms with Gasteiger partial charge in [0.15, 0.2) is 0 Å². The van der Waals surface area contributed by atoms with Gasteiger partial charge in [0.2, 0.25) is 0 Å². The maximum absolute atomic E-state index is 6.08. The van der Waals surface area contributed by atoms with Gasteiger partial charge in [0.25, 0.3) is 0 Å². The molecule has 0 bridgehead atoms. The summed E-state index contributed by atoms with van der Waals surface area (Å²) in [5.74, 6) is 0. The first-order valence-electron chi connectivity index (χ1n) is 6.79. The summed E-state index contributed by atoms with van der Waals surface area (Å²) in [4.78, 5) is 0. The van der Waals surface area contributed by atoms with E-state index in [4.69, 9.17) is 11.6 Å². The number of hydrogen-bond donors (Lipinski definition) is 1. The molecular formula is C16H24ClN. The molecule has 18 heavy (non-hydrogen) atoms. The Balaban J connectivity index is 2.72. The first-order valence-corrected chi connectivity index (χ1v) is 7.17. The van der Waals surface area contributed by atoms with Gasteiger partial charge in [-0.25, -0.2) is 0 Å². The van der Waals surface area contributed by atoms with Gasteiger partial charge in [-0.1, -0.05) is 36.7 Å². The summed E-state index contributed by atoms with van der Waals surface area (Å²) in [6.45, 7) is 9.09. The van der Waals surface area contributed by atoms with E-state index in [-0.39, 0.29) is 0 Å². The van der Waals surface area contributed by atoms with E-state index in [1.807, 2.05) is 12.1 Å². The molecule has 0 radical (unpaired) electrons. The highest BCUT2D eigenvalue weighted by atomic mass is 35.5.